The van der Waals surface area contributed by atoms with E-state index in [1.807, 2.05) is 36.4 Å². The van der Waals surface area contributed by atoms with Gasteiger partial charge in [-0.2, -0.15) is 8.42 Å². The number of rotatable bonds is 12. The Hall–Kier alpha value is -4.63. The van der Waals surface area contributed by atoms with Crippen molar-refractivity contribution in [3.05, 3.63) is 78.2 Å². The van der Waals surface area contributed by atoms with Crippen LogP contribution in [0.25, 0.3) is 33.4 Å². The number of fused-ring (bicyclic) bond motifs is 2. The van der Waals surface area contributed by atoms with E-state index in [2.05, 4.69) is 52.1 Å². The SMILES string of the molecule is CCN(CC)c1ccc2c(-c3ccc(S(=O)(=O)Nc4ccc(OC)c(N5CCNCC5)c4)cc3S(=O)(=O)O)c3ccc(=[N+](CC)CC)cc-3oc2c1. The fourth-order valence-electron chi connectivity index (χ4n) is 6.94. The van der Waals surface area contributed by atoms with Crippen molar-refractivity contribution in [1.82, 2.24) is 9.89 Å². The van der Waals surface area contributed by atoms with E-state index in [9.17, 15) is 21.4 Å². The normalized spacial score (nSPS) is 13.8. The minimum absolute atomic E-state index is 0.142. The number of hydrogen-bond acceptors (Lipinski definition) is 9. The minimum Gasteiger partial charge on any atom is -0.495 e. The third-order valence-electron chi connectivity index (χ3n) is 9.65. The minimum atomic E-state index is -4.93. The Morgan fingerprint density at radius 1 is 0.885 bits per heavy atom. The zero-order chi connectivity index (χ0) is 37.2. The summed E-state index contributed by atoms with van der Waals surface area (Å²) in [6, 6.07) is 20.3. The number of anilines is 3. The predicted octanol–water partition coefficient (Wildman–Crippen LogP) is 5.33. The van der Waals surface area contributed by atoms with E-state index in [0.717, 1.165) is 75.2 Å². The Kier molecular flexibility index (Phi) is 10.8. The maximum absolute atomic E-state index is 13.8. The Balaban J connectivity index is 1.52. The number of methoxy groups -OCH3 is 1. The van der Waals surface area contributed by atoms with Crippen LogP contribution in [0.1, 0.15) is 27.7 Å². The molecule has 0 radical (unpaired) electrons. The molecule has 0 aromatic heterocycles. The van der Waals surface area contributed by atoms with Gasteiger partial charge >= 0.3 is 0 Å². The molecule has 0 spiro atoms. The Labute approximate surface area is 305 Å². The fraction of sp³-hybridized carbons (Fsp3) is 0.342. The summed E-state index contributed by atoms with van der Waals surface area (Å²) in [5.41, 5.74) is 3.71. The van der Waals surface area contributed by atoms with Gasteiger partial charge in [0.15, 0.2) is 0 Å². The Bertz CT molecular complexity index is 2360. The lowest BCUT2D eigenvalue weighted by Gasteiger charge is -2.31. The first-order chi connectivity index (χ1) is 24.9. The topological polar surface area (TPSA) is 144 Å². The standard InChI is InChI=1S/C38H45N5O7S2/c1-6-41(7-2)27-11-14-30-35(23-27)50-36-24-28(42(8-3)9-4)12-15-31(36)38(30)32-16-13-29(25-37(32)52(46,47)48)51(44,45)40-26-10-17-34(49-5)33(22-26)43-20-18-39-19-21-43/h10-17,22-25,39-40H,6-9,18-21H2,1-5H3/p+1. The van der Waals surface area contributed by atoms with Gasteiger partial charge in [-0.25, -0.2) is 13.0 Å². The second-order valence-corrected chi connectivity index (χ2v) is 15.6. The van der Waals surface area contributed by atoms with Crippen molar-refractivity contribution in [1.29, 1.82) is 0 Å². The lowest BCUT2D eigenvalue weighted by molar-refractivity contribution is 0.413. The van der Waals surface area contributed by atoms with E-state index in [4.69, 9.17) is 9.15 Å². The van der Waals surface area contributed by atoms with Crippen LogP contribution in [0.5, 0.6) is 5.75 Å². The first kappa shape index (κ1) is 37.1. The van der Waals surface area contributed by atoms with Gasteiger partial charge in [0.05, 0.1) is 29.4 Å². The lowest BCUT2D eigenvalue weighted by atomic mass is 9.93. The highest BCUT2D eigenvalue weighted by molar-refractivity contribution is 7.92. The fourth-order valence-corrected chi connectivity index (χ4v) is 8.81. The van der Waals surface area contributed by atoms with Crippen LogP contribution >= 0.6 is 0 Å². The monoisotopic (exact) mass is 748 g/mol. The van der Waals surface area contributed by atoms with Crippen molar-refractivity contribution in [3.63, 3.8) is 0 Å². The second-order valence-electron chi connectivity index (χ2n) is 12.5. The molecular weight excluding hydrogens is 703 g/mol. The molecule has 0 amide bonds. The summed E-state index contributed by atoms with van der Waals surface area (Å²) >= 11 is 0. The highest BCUT2D eigenvalue weighted by Gasteiger charge is 2.28. The molecule has 14 heteroatoms. The summed E-state index contributed by atoms with van der Waals surface area (Å²) in [5, 5.41) is 4.85. The summed E-state index contributed by atoms with van der Waals surface area (Å²) in [6.45, 7) is 14.4. The third kappa shape index (κ3) is 7.33. The van der Waals surface area contributed by atoms with Crippen molar-refractivity contribution in [3.8, 4) is 28.2 Å². The molecule has 52 heavy (non-hydrogen) atoms. The Morgan fingerprint density at radius 3 is 2.25 bits per heavy atom. The maximum atomic E-state index is 13.8. The van der Waals surface area contributed by atoms with Crippen LogP contribution in [0.2, 0.25) is 0 Å². The molecule has 0 atom stereocenters. The molecule has 6 rings (SSSR count). The van der Waals surface area contributed by atoms with E-state index in [-0.39, 0.29) is 16.1 Å². The van der Waals surface area contributed by atoms with Crippen molar-refractivity contribution in [2.45, 2.75) is 37.5 Å². The highest BCUT2D eigenvalue weighted by Crippen LogP contribution is 2.43. The Morgan fingerprint density at radius 2 is 1.60 bits per heavy atom. The smallest absolute Gasteiger partial charge is 0.295 e. The van der Waals surface area contributed by atoms with Gasteiger partial charge in [-0.1, -0.05) is 6.07 Å². The van der Waals surface area contributed by atoms with Gasteiger partial charge in [-0.3, -0.25) is 9.27 Å². The first-order valence-electron chi connectivity index (χ1n) is 17.5. The van der Waals surface area contributed by atoms with Crippen LogP contribution in [-0.2, 0) is 20.1 Å². The molecule has 1 aliphatic carbocycles. The molecule has 0 saturated carbocycles. The van der Waals surface area contributed by atoms with Crippen LogP contribution in [-0.4, -0.2) is 80.9 Å². The molecule has 1 fully saturated rings. The third-order valence-corrected chi connectivity index (χ3v) is 11.9. The molecule has 3 N–H and O–H groups in total. The summed E-state index contributed by atoms with van der Waals surface area (Å²) < 4.78 is 81.5. The van der Waals surface area contributed by atoms with E-state index in [1.54, 1.807) is 25.3 Å². The second kappa shape index (κ2) is 15.2. The molecule has 12 nitrogen and oxygen atoms in total. The highest BCUT2D eigenvalue weighted by atomic mass is 32.2. The van der Waals surface area contributed by atoms with Crippen LogP contribution in [0.3, 0.4) is 0 Å². The molecule has 3 aliphatic rings. The van der Waals surface area contributed by atoms with Crippen molar-refractivity contribution >= 4 is 48.2 Å². The largest absolute Gasteiger partial charge is 0.495 e. The van der Waals surface area contributed by atoms with Gasteiger partial charge in [-0.15, -0.1) is 0 Å². The van der Waals surface area contributed by atoms with E-state index in [1.165, 1.54) is 12.1 Å². The number of benzene rings is 4. The zero-order valence-corrected chi connectivity index (χ0v) is 31.8. The van der Waals surface area contributed by atoms with Gasteiger partial charge in [0.1, 0.15) is 35.1 Å². The number of piperazine rings is 1. The molecule has 3 aromatic carbocycles. The average molecular weight is 749 g/mol. The van der Waals surface area contributed by atoms with Crippen LogP contribution in [0.4, 0.5) is 17.1 Å². The number of hydrogen-bond donors (Lipinski definition) is 3. The molecule has 2 heterocycles. The maximum Gasteiger partial charge on any atom is 0.295 e. The summed E-state index contributed by atoms with van der Waals surface area (Å²) in [7, 11) is -7.69. The summed E-state index contributed by atoms with van der Waals surface area (Å²) in [4.78, 5) is 3.41. The molecular formula is C38H46N5O7S2+. The van der Waals surface area contributed by atoms with Gasteiger partial charge in [0.25, 0.3) is 20.1 Å². The van der Waals surface area contributed by atoms with Gasteiger partial charge in [0, 0.05) is 79.2 Å². The van der Waals surface area contributed by atoms with Crippen LogP contribution in [0, 0.1) is 0 Å². The number of nitrogens with one attached hydrogen (secondary N) is 2. The predicted molar refractivity (Wildman–Crippen MR) is 207 cm³/mol. The summed E-state index contributed by atoms with van der Waals surface area (Å²) in [5.74, 6) is 1.12. The van der Waals surface area contributed by atoms with Crippen molar-refractivity contribution < 1.29 is 30.5 Å². The summed E-state index contributed by atoms with van der Waals surface area (Å²) in [6.07, 6.45) is 0. The van der Waals surface area contributed by atoms with E-state index >= 15 is 0 Å². The van der Waals surface area contributed by atoms with E-state index in [0.29, 0.717) is 33.6 Å². The van der Waals surface area contributed by atoms with Gasteiger partial charge in [0.2, 0.25) is 5.36 Å². The van der Waals surface area contributed by atoms with Gasteiger partial charge in [-0.05, 0) is 76.2 Å². The quantitative estimate of drug-likeness (QED) is 0.0871. The molecule has 1 saturated heterocycles. The average Bonchev–Trinajstić information content (AvgIpc) is 3.14. The molecule has 3 aromatic rings. The molecule has 0 bridgehead atoms. The van der Waals surface area contributed by atoms with Crippen LogP contribution in [0.15, 0.2) is 87.0 Å². The van der Waals surface area contributed by atoms with Crippen LogP contribution < -0.4 is 34.5 Å². The molecule has 0 unspecified atom stereocenters. The first-order valence-corrected chi connectivity index (χ1v) is 20.5. The molecule has 276 valence electrons. The molecule has 2 aliphatic heterocycles. The zero-order valence-electron chi connectivity index (χ0n) is 30.1. The van der Waals surface area contributed by atoms with E-state index < -0.39 is 25.0 Å². The number of sulfonamides is 1. The number of nitrogens with zero attached hydrogens (tertiary/aromatic N) is 3. The van der Waals surface area contributed by atoms with Gasteiger partial charge < -0.3 is 24.3 Å². The lowest BCUT2D eigenvalue weighted by Crippen LogP contribution is -2.43. The van der Waals surface area contributed by atoms with Crippen molar-refractivity contribution in [2.24, 2.45) is 0 Å². The van der Waals surface area contributed by atoms with Crippen molar-refractivity contribution in [2.75, 3.05) is 74.0 Å². The number of ether oxygens (including phenoxy) is 1.